The van der Waals surface area contributed by atoms with Crippen LogP contribution in [-0.4, -0.2) is 38.3 Å². The van der Waals surface area contributed by atoms with Crippen LogP contribution >= 0.6 is 0 Å². The summed E-state index contributed by atoms with van der Waals surface area (Å²) < 4.78 is 10.6. The van der Waals surface area contributed by atoms with E-state index in [-0.39, 0.29) is 0 Å². The van der Waals surface area contributed by atoms with Crippen molar-refractivity contribution in [2.24, 2.45) is 4.99 Å². The van der Waals surface area contributed by atoms with Crippen LogP contribution in [0.15, 0.2) is 23.2 Å². The van der Waals surface area contributed by atoms with Gasteiger partial charge in [0.25, 0.3) is 0 Å². The fourth-order valence-electron chi connectivity index (χ4n) is 1.72. The number of hydrogen-bond acceptors (Lipinski definition) is 3. The van der Waals surface area contributed by atoms with Crippen LogP contribution in [0.2, 0.25) is 0 Å². The third-order valence-electron chi connectivity index (χ3n) is 2.61. The van der Waals surface area contributed by atoms with Crippen molar-refractivity contribution in [3.8, 4) is 11.5 Å². The van der Waals surface area contributed by atoms with Crippen molar-refractivity contribution in [2.75, 3.05) is 27.4 Å². The van der Waals surface area contributed by atoms with E-state index in [1.807, 2.05) is 37.2 Å². The largest absolute Gasteiger partial charge is 0.454 e. The minimum absolute atomic E-state index is 0.308. The summed E-state index contributed by atoms with van der Waals surface area (Å²) in [6.45, 7) is 3.84. The van der Waals surface area contributed by atoms with Crippen molar-refractivity contribution in [3.63, 3.8) is 0 Å². The van der Waals surface area contributed by atoms with E-state index in [2.05, 4.69) is 17.2 Å². The van der Waals surface area contributed by atoms with E-state index in [0.29, 0.717) is 13.3 Å². The standard InChI is InChI=1S/C13H19N3O2/c1-4-14-13(16(2)3)15-8-10-5-6-11-12(7-10)18-9-17-11/h5-7H,4,8-9H2,1-3H3,(H,14,15). The second kappa shape index (κ2) is 5.62. The summed E-state index contributed by atoms with van der Waals surface area (Å²) in [7, 11) is 3.95. The van der Waals surface area contributed by atoms with Crippen molar-refractivity contribution >= 4 is 5.96 Å². The van der Waals surface area contributed by atoms with Crippen LogP contribution in [0.25, 0.3) is 0 Å². The second-order valence-corrected chi connectivity index (χ2v) is 4.25. The van der Waals surface area contributed by atoms with Gasteiger partial charge in [-0.25, -0.2) is 4.99 Å². The highest BCUT2D eigenvalue weighted by Crippen LogP contribution is 2.32. The molecule has 1 heterocycles. The van der Waals surface area contributed by atoms with Gasteiger partial charge in [-0.3, -0.25) is 0 Å². The zero-order valence-electron chi connectivity index (χ0n) is 11.1. The highest BCUT2D eigenvalue weighted by atomic mass is 16.7. The Morgan fingerprint density at radius 1 is 1.33 bits per heavy atom. The summed E-state index contributed by atoms with van der Waals surface area (Å²) in [6.07, 6.45) is 0. The topological polar surface area (TPSA) is 46.1 Å². The molecule has 0 aliphatic carbocycles. The quantitative estimate of drug-likeness (QED) is 0.650. The smallest absolute Gasteiger partial charge is 0.231 e. The maximum atomic E-state index is 5.34. The molecule has 5 heteroatoms. The Kier molecular flexibility index (Phi) is 3.92. The van der Waals surface area contributed by atoms with Gasteiger partial charge >= 0.3 is 0 Å². The van der Waals surface area contributed by atoms with Crippen molar-refractivity contribution in [2.45, 2.75) is 13.5 Å². The van der Waals surface area contributed by atoms with Gasteiger partial charge in [-0.1, -0.05) is 6.07 Å². The van der Waals surface area contributed by atoms with Gasteiger partial charge in [0.15, 0.2) is 17.5 Å². The number of benzene rings is 1. The number of guanidine groups is 1. The van der Waals surface area contributed by atoms with Crippen LogP contribution in [0.1, 0.15) is 12.5 Å². The summed E-state index contributed by atoms with van der Waals surface area (Å²) in [5.74, 6) is 2.50. The molecule has 0 aromatic heterocycles. The van der Waals surface area contributed by atoms with E-state index in [0.717, 1.165) is 29.6 Å². The Morgan fingerprint density at radius 3 is 2.83 bits per heavy atom. The predicted molar refractivity (Wildman–Crippen MR) is 71.1 cm³/mol. The molecule has 1 aromatic carbocycles. The van der Waals surface area contributed by atoms with Crippen LogP contribution < -0.4 is 14.8 Å². The summed E-state index contributed by atoms with van der Waals surface area (Å²) in [6, 6.07) is 5.91. The Bertz CT molecular complexity index is 444. The van der Waals surface area contributed by atoms with Crippen LogP contribution in [0.3, 0.4) is 0 Å². The number of rotatable bonds is 3. The van der Waals surface area contributed by atoms with Gasteiger partial charge in [-0.2, -0.15) is 0 Å². The lowest BCUT2D eigenvalue weighted by atomic mass is 10.2. The first kappa shape index (κ1) is 12.5. The molecule has 0 fully saturated rings. The number of nitrogens with zero attached hydrogens (tertiary/aromatic N) is 2. The molecule has 0 saturated carbocycles. The number of ether oxygens (including phenoxy) is 2. The lowest BCUT2D eigenvalue weighted by Gasteiger charge is -2.16. The fraction of sp³-hybridized carbons (Fsp3) is 0.462. The number of aliphatic imine (C=N–C) groups is 1. The van der Waals surface area contributed by atoms with Crippen molar-refractivity contribution < 1.29 is 9.47 Å². The molecule has 1 aliphatic rings. The Morgan fingerprint density at radius 2 is 2.11 bits per heavy atom. The molecule has 18 heavy (non-hydrogen) atoms. The van der Waals surface area contributed by atoms with Crippen LogP contribution in [0.5, 0.6) is 11.5 Å². The zero-order valence-corrected chi connectivity index (χ0v) is 11.1. The predicted octanol–water partition coefficient (Wildman–Crippen LogP) is 1.44. The highest BCUT2D eigenvalue weighted by molar-refractivity contribution is 5.79. The van der Waals surface area contributed by atoms with Crippen LogP contribution in [0, 0.1) is 0 Å². The van der Waals surface area contributed by atoms with Crippen molar-refractivity contribution in [1.82, 2.24) is 10.2 Å². The van der Waals surface area contributed by atoms with Gasteiger partial charge < -0.3 is 19.7 Å². The summed E-state index contributed by atoms with van der Waals surface area (Å²) >= 11 is 0. The lowest BCUT2D eigenvalue weighted by molar-refractivity contribution is 0.174. The molecule has 0 radical (unpaired) electrons. The fourth-order valence-corrected chi connectivity index (χ4v) is 1.72. The first-order valence-electron chi connectivity index (χ1n) is 6.05. The van der Waals surface area contributed by atoms with E-state index in [4.69, 9.17) is 9.47 Å². The molecular weight excluding hydrogens is 230 g/mol. The van der Waals surface area contributed by atoms with E-state index in [9.17, 15) is 0 Å². The minimum atomic E-state index is 0.308. The zero-order chi connectivity index (χ0) is 13.0. The number of fused-ring (bicyclic) bond motifs is 1. The summed E-state index contributed by atoms with van der Waals surface area (Å²) in [4.78, 5) is 6.51. The number of nitrogens with one attached hydrogen (secondary N) is 1. The van der Waals surface area contributed by atoms with E-state index >= 15 is 0 Å². The van der Waals surface area contributed by atoms with Crippen molar-refractivity contribution in [3.05, 3.63) is 23.8 Å². The molecule has 0 spiro atoms. The molecule has 1 aromatic rings. The monoisotopic (exact) mass is 249 g/mol. The van der Waals surface area contributed by atoms with E-state index in [1.165, 1.54) is 0 Å². The molecule has 1 N–H and O–H groups in total. The normalized spacial score (nSPS) is 13.6. The van der Waals surface area contributed by atoms with Gasteiger partial charge in [-0.15, -0.1) is 0 Å². The molecule has 0 amide bonds. The molecule has 0 unspecified atom stereocenters. The van der Waals surface area contributed by atoms with Crippen LogP contribution in [0.4, 0.5) is 0 Å². The molecule has 98 valence electrons. The average molecular weight is 249 g/mol. The van der Waals surface area contributed by atoms with Gasteiger partial charge in [0.05, 0.1) is 6.54 Å². The summed E-state index contributed by atoms with van der Waals surface area (Å²) in [5.41, 5.74) is 1.11. The first-order valence-corrected chi connectivity index (χ1v) is 6.05. The second-order valence-electron chi connectivity index (χ2n) is 4.25. The molecular formula is C13H19N3O2. The van der Waals surface area contributed by atoms with Crippen molar-refractivity contribution in [1.29, 1.82) is 0 Å². The molecule has 2 rings (SSSR count). The third kappa shape index (κ3) is 2.85. The maximum absolute atomic E-state index is 5.34. The lowest BCUT2D eigenvalue weighted by Crippen LogP contribution is -2.36. The molecule has 0 bridgehead atoms. The minimum Gasteiger partial charge on any atom is -0.454 e. The average Bonchev–Trinajstić information content (AvgIpc) is 2.81. The van der Waals surface area contributed by atoms with E-state index in [1.54, 1.807) is 0 Å². The molecule has 0 saturated heterocycles. The van der Waals surface area contributed by atoms with Gasteiger partial charge in [0.2, 0.25) is 6.79 Å². The maximum Gasteiger partial charge on any atom is 0.231 e. The van der Waals surface area contributed by atoms with Gasteiger partial charge in [0, 0.05) is 20.6 Å². The highest BCUT2D eigenvalue weighted by Gasteiger charge is 2.12. The van der Waals surface area contributed by atoms with Gasteiger partial charge in [0.1, 0.15) is 0 Å². The third-order valence-corrected chi connectivity index (χ3v) is 2.61. The van der Waals surface area contributed by atoms with Crippen LogP contribution in [-0.2, 0) is 6.54 Å². The Hall–Kier alpha value is -1.91. The molecule has 1 aliphatic heterocycles. The molecule has 5 nitrogen and oxygen atoms in total. The summed E-state index contributed by atoms with van der Waals surface area (Å²) in [5, 5.41) is 3.22. The van der Waals surface area contributed by atoms with E-state index < -0.39 is 0 Å². The Balaban J connectivity index is 2.06. The first-order chi connectivity index (χ1) is 8.70. The SMILES string of the molecule is CCNC(=NCc1ccc2c(c1)OCO2)N(C)C. The molecule has 0 atom stereocenters. The number of hydrogen-bond donors (Lipinski definition) is 1. The Labute approximate surface area is 107 Å². The van der Waals surface area contributed by atoms with Gasteiger partial charge in [-0.05, 0) is 24.6 Å².